The minimum atomic E-state index is -2.47. The van der Waals surface area contributed by atoms with E-state index in [1.54, 1.807) is 21.9 Å². The van der Waals surface area contributed by atoms with Crippen molar-refractivity contribution < 1.29 is 18.4 Å². The molecule has 2 rings (SSSR count). The lowest BCUT2D eigenvalue weighted by Crippen LogP contribution is -2.36. The number of nitrogens with zero attached hydrogens (tertiary/aromatic N) is 2. The largest absolute Gasteiger partial charge is 0.341 e. The van der Waals surface area contributed by atoms with E-state index in [0.717, 1.165) is 6.42 Å². The first-order valence-corrected chi connectivity index (χ1v) is 7.95. The quantitative estimate of drug-likeness (QED) is 0.801. The predicted molar refractivity (Wildman–Crippen MR) is 81.1 cm³/mol. The van der Waals surface area contributed by atoms with Gasteiger partial charge in [-0.05, 0) is 30.7 Å². The fourth-order valence-corrected chi connectivity index (χ4v) is 2.90. The minimum absolute atomic E-state index is 0.0164. The molecule has 0 bridgehead atoms. The van der Waals surface area contributed by atoms with Gasteiger partial charge in [0.2, 0.25) is 5.91 Å². The minimum Gasteiger partial charge on any atom is -0.341 e. The molecule has 0 radical (unpaired) electrons. The number of hydrogen-bond donors (Lipinski definition) is 0. The van der Waals surface area contributed by atoms with Crippen LogP contribution in [0.15, 0.2) is 29.2 Å². The highest BCUT2D eigenvalue weighted by Crippen LogP contribution is 2.25. The lowest BCUT2D eigenvalue weighted by atomic mass is 10.2. The molecule has 4 nitrogen and oxygen atoms in total. The molecular weight excluding hydrogens is 310 g/mol. The van der Waals surface area contributed by atoms with Crippen LogP contribution in [0.2, 0.25) is 0 Å². The predicted octanol–water partition coefficient (Wildman–Crippen LogP) is 2.70. The van der Waals surface area contributed by atoms with Gasteiger partial charge in [-0.25, -0.2) is 0 Å². The Labute approximate surface area is 132 Å². The van der Waals surface area contributed by atoms with Gasteiger partial charge in [0.1, 0.15) is 0 Å². The van der Waals surface area contributed by atoms with Gasteiger partial charge in [-0.15, -0.1) is 0 Å². The second kappa shape index (κ2) is 7.58. The van der Waals surface area contributed by atoms with E-state index in [-0.39, 0.29) is 11.8 Å². The topological polar surface area (TPSA) is 40.6 Å². The van der Waals surface area contributed by atoms with Crippen LogP contribution in [0.1, 0.15) is 23.7 Å². The molecule has 0 unspecified atom stereocenters. The first-order chi connectivity index (χ1) is 10.5. The summed E-state index contributed by atoms with van der Waals surface area (Å²) < 4.78 is 24.5. The molecule has 1 fully saturated rings. The molecule has 0 N–H and O–H groups in total. The van der Waals surface area contributed by atoms with Gasteiger partial charge in [0.15, 0.2) is 0 Å². The molecule has 1 aliphatic rings. The maximum absolute atomic E-state index is 12.4. The summed E-state index contributed by atoms with van der Waals surface area (Å²) in [5.74, 6) is -2.58. The van der Waals surface area contributed by atoms with Crippen LogP contribution in [0, 0.1) is 0 Å². The van der Waals surface area contributed by atoms with Crippen LogP contribution in [0.5, 0.6) is 0 Å². The molecule has 22 heavy (non-hydrogen) atoms. The van der Waals surface area contributed by atoms with E-state index in [0.29, 0.717) is 48.4 Å². The van der Waals surface area contributed by atoms with Crippen LogP contribution in [-0.2, 0) is 4.79 Å². The summed E-state index contributed by atoms with van der Waals surface area (Å²) in [4.78, 5) is 27.7. The molecule has 0 aromatic heterocycles. The first-order valence-electron chi connectivity index (χ1n) is 7.07. The zero-order valence-electron chi connectivity index (χ0n) is 12.3. The Hall–Kier alpha value is -1.63. The van der Waals surface area contributed by atoms with Crippen molar-refractivity contribution in [2.24, 2.45) is 0 Å². The smallest absolute Gasteiger partial charge is 0.288 e. The van der Waals surface area contributed by atoms with Gasteiger partial charge >= 0.3 is 0 Å². The highest BCUT2D eigenvalue weighted by Gasteiger charge is 2.21. The van der Waals surface area contributed by atoms with Crippen molar-refractivity contribution in [3.8, 4) is 0 Å². The van der Waals surface area contributed by atoms with Crippen LogP contribution in [-0.4, -0.2) is 53.6 Å². The summed E-state index contributed by atoms with van der Waals surface area (Å²) in [5, 5.41) is 0. The van der Waals surface area contributed by atoms with Gasteiger partial charge in [-0.3, -0.25) is 9.59 Å². The second-order valence-electron chi connectivity index (χ2n) is 5.05. The molecule has 0 spiro atoms. The number of benzene rings is 1. The van der Waals surface area contributed by atoms with Crippen LogP contribution in [0.3, 0.4) is 0 Å². The summed E-state index contributed by atoms with van der Waals surface area (Å²) in [6.07, 6.45) is 0.741. The average molecular weight is 328 g/mol. The van der Waals surface area contributed by atoms with E-state index in [4.69, 9.17) is 0 Å². The van der Waals surface area contributed by atoms with Crippen molar-refractivity contribution in [1.29, 1.82) is 0 Å². The SMILES string of the molecule is CC(=O)N1CCCN(C(=O)c2ccc(SC(F)F)cc2)CC1. The second-order valence-corrected chi connectivity index (χ2v) is 6.12. The number of amides is 2. The van der Waals surface area contributed by atoms with E-state index >= 15 is 0 Å². The number of alkyl halides is 2. The number of carbonyl (C=O) groups is 2. The lowest BCUT2D eigenvalue weighted by Gasteiger charge is -2.21. The molecular formula is C15H18F2N2O2S. The summed E-state index contributed by atoms with van der Waals surface area (Å²) >= 11 is 0.459. The van der Waals surface area contributed by atoms with E-state index < -0.39 is 5.76 Å². The fourth-order valence-electron chi connectivity index (χ4n) is 2.40. The standard InChI is InChI=1S/C15H18F2N2O2S/c1-11(20)18-7-2-8-19(10-9-18)14(21)12-3-5-13(6-4-12)22-15(16)17/h3-6,15H,2,7-10H2,1H3. The molecule has 1 saturated heterocycles. The number of rotatable bonds is 3. The highest BCUT2D eigenvalue weighted by molar-refractivity contribution is 7.99. The molecule has 7 heteroatoms. The van der Waals surface area contributed by atoms with E-state index in [1.165, 1.54) is 19.1 Å². The highest BCUT2D eigenvalue weighted by atomic mass is 32.2. The van der Waals surface area contributed by atoms with Crippen molar-refractivity contribution >= 4 is 23.6 Å². The molecule has 1 aromatic rings. The number of halogens is 2. The Morgan fingerprint density at radius 2 is 1.64 bits per heavy atom. The van der Waals surface area contributed by atoms with Crippen LogP contribution in [0.4, 0.5) is 8.78 Å². The van der Waals surface area contributed by atoms with Crippen molar-refractivity contribution in [3.05, 3.63) is 29.8 Å². The van der Waals surface area contributed by atoms with Crippen molar-refractivity contribution in [2.75, 3.05) is 26.2 Å². The summed E-state index contributed by atoms with van der Waals surface area (Å²) in [5.41, 5.74) is 0.481. The Kier molecular flexibility index (Phi) is 5.76. The average Bonchev–Trinajstić information content (AvgIpc) is 2.72. The van der Waals surface area contributed by atoms with E-state index in [1.807, 2.05) is 0 Å². The summed E-state index contributed by atoms with van der Waals surface area (Å²) in [6.45, 7) is 3.79. The van der Waals surface area contributed by atoms with Gasteiger partial charge < -0.3 is 9.80 Å². The Balaban J connectivity index is 2.00. The fraction of sp³-hybridized carbons (Fsp3) is 0.467. The maximum Gasteiger partial charge on any atom is 0.288 e. The Morgan fingerprint density at radius 3 is 2.23 bits per heavy atom. The third-order valence-electron chi connectivity index (χ3n) is 3.55. The number of thioether (sulfide) groups is 1. The van der Waals surface area contributed by atoms with Crippen LogP contribution >= 0.6 is 11.8 Å². The molecule has 2 amide bonds. The van der Waals surface area contributed by atoms with Crippen molar-refractivity contribution in [3.63, 3.8) is 0 Å². The normalized spacial score (nSPS) is 15.8. The van der Waals surface area contributed by atoms with Gasteiger partial charge in [0.25, 0.3) is 11.7 Å². The summed E-state index contributed by atoms with van der Waals surface area (Å²) in [7, 11) is 0. The third kappa shape index (κ3) is 4.43. The van der Waals surface area contributed by atoms with Crippen LogP contribution in [0.25, 0.3) is 0 Å². The summed E-state index contributed by atoms with van der Waals surface area (Å²) in [6, 6.07) is 6.20. The zero-order valence-corrected chi connectivity index (χ0v) is 13.1. The Morgan fingerprint density at radius 1 is 1.05 bits per heavy atom. The third-order valence-corrected chi connectivity index (χ3v) is 4.28. The van der Waals surface area contributed by atoms with Crippen molar-refractivity contribution in [2.45, 2.75) is 24.0 Å². The zero-order chi connectivity index (χ0) is 16.1. The molecule has 1 heterocycles. The molecule has 0 saturated carbocycles. The number of hydrogen-bond acceptors (Lipinski definition) is 3. The maximum atomic E-state index is 12.4. The molecule has 120 valence electrons. The monoisotopic (exact) mass is 328 g/mol. The molecule has 0 aliphatic carbocycles. The molecule has 1 aromatic carbocycles. The van der Waals surface area contributed by atoms with Gasteiger partial charge in [-0.2, -0.15) is 8.78 Å². The number of carbonyl (C=O) groups excluding carboxylic acids is 2. The first kappa shape index (κ1) is 16.7. The van der Waals surface area contributed by atoms with Gasteiger partial charge in [0.05, 0.1) is 0 Å². The van der Waals surface area contributed by atoms with Gasteiger partial charge in [0, 0.05) is 43.6 Å². The molecule has 1 aliphatic heterocycles. The lowest BCUT2D eigenvalue weighted by molar-refractivity contribution is -0.128. The Bertz CT molecular complexity index is 537. The van der Waals surface area contributed by atoms with E-state index in [2.05, 4.69) is 0 Å². The molecule has 0 atom stereocenters. The van der Waals surface area contributed by atoms with E-state index in [9.17, 15) is 18.4 Å². The van der Waals surface area contributed by atoms with Gasteiger partial charge in [-0.1, -0.05) is 11.8 Å². The van der Waals surface area contributed by atoms with Crippen LogP contribution < -0.4 is 0 Å². The van der Waals surface area contributed by atoms with Crippen molar-refractivity contribution in [1.82, 2.24) is 9.80 Å².